The number of nitrogens with two attached hydrogens (primary N) is 1. The molecule has 0 saturated heterocycles. The number of rotatable bonds is 5. The summed E-state index contributed by atoms with van der Waals surface area (Å²) in [5.74, 6) is 1.04. The van der Waals surface area contributed by atoms with Gasteiger partial charge >= 0.3 is 0 Å². The van der Waals surface area contributed by atoms with Crippen LogP contribution in [0, 0.1) is 17.3 Å². The second-order valence-corrected chi connectivity index (χ2v) is 7.67. The molecule has 0 heterocycles. The highest BCUT2D eigenvalue weighted by Crippen LogP contribution is 2.28. The monoisotopic (exact) mass is 304 g/mol. The van der Waals surface area contributed by atoms with Crippen molar-refractivity contribution in [3.63, 3.8) is 0 Å². The van der Waals surface area contributed by atoms with Gasteiger partial charge in [-0.15, -0.1) is 12.4 Å². The Morgan fingerprint density at radius 2 is 1.85 bits per heavy atom. The highest BCUT2D eigenvalue weighted by atomic mass is 35.5. The third kappa shape index (κ3) is 6.45. The first-order chi connectivity index (χ1) is 8.70. The SMILES string of the molecule is CC(C)CCC(NC(=O)C1CCC(N)C1)C(C)(C)C.Cl. The normalized spacial score (nSPS) is 24.4. The van der Waals surface area contributed by atoms with Gasteiger partial charge in [0.2, 0.25) is 5.91 Å². The molecule has 0 aliphatic heterocycles. The molecule has 0 aromatic heterocycles. The summed E-state index contributed by atoms with van der Waals surface area (Å²) >= 11 is 0. The molecule has 3 atom stereocenters. The van der Waals surface area contributed by atoms with Gasteiger partial charge < -0.3 is 11.1 Å². The predicted octanol–water partition coefficient (Wildman–Crippen LogP) is 3.50. The largest absolute Gasteiger partial charge is 0.353 e. The quantitative estimate of drug-likeness (QED) is 0.816. The van der Waals surface area contributed by atoms with Gasteiger partial charge in [0.25, 0.3) is 0 Å². The molecule has 3 unspecified atom stereocenters. The van der Waals surface area contributed by atoms with E-state index < -0.39 is 0 Å². The van der Waals surface area contributed by atoms with E-state index in [0.717, 1.165) is 32.1 Å². The van der Waals surface area contributed by atoms with Crippen LogP contribution in [0.15, 0.2) is 0 Å². The van der Waals surface area contributed by atoms with Crippen LogP contribution in [-0.2, 0) is 4.79 Å². The standard InChI is InChI=1S/C16H32N2O.ClH/c1-11(2)6-9-14(16(3,4)5)18-15(19)12-7-8-13(17)10-12;/h11-14H,6-10,17H2,1-5H3,(H,18,19);1H. The van der Waals surface area contributed by atoms with Gasteiger partial charge in [-0.25, -0.2) is 0 Å². The zero-order valence-electron chi connectivity index (χ0n) is 13.7. The van der Waals surface area contributed by atoms with E-state index in [4.69, 9.17) is 5.73 Å². The second kappa shape index (κ2) is 8.23. The lowest BCUT2D eigenvalue weighted by atomic mass is 9.82. The molecule has 1 fully saturated rings. The summed E-state index contributed by atoms with van der Waals surface area (Å²) in [7, 11) is 0. The highest BCUT2D eigenvalue weighted by Gasteiger charge is 2.32. The maximum Gasteiger partial charge on any atom is 0.223 e. The Hall–Kier alpha value is -0.280. The Kier molecular flexibility index (Phi) is 8.12. The molecule has 0 radical (unpaired) electrons. The first-order valence-corrected chi connectivity index (χ1v) is 7.76. The summed E-state index contributed by atoms with van der Waals surface area (Å²) in [5.41, 5.74) is 6.01. The highest BCUT2D eigenvalue weighted by molar-refractivity contribution is 5.85. The fourth-order valence-electron chi connectivity index (χ4n) is 2.77. The minimum Gasteiger partial charge on any atom is -0.353 e. The third-order valence-corrected chi connectivity index (χ3v) is 4.24. The van der Waals surface area contributed by atoms with Gasteiger partial charge in [0.05, 0.1) is 0 Å². The van der Waals surface area contributed by atoms with Crippen LogP contribution in [0.25, 0.3) is 0 Å². The van der Waals surface area contributed by atoms with E-state index in [0.29, 0.717) is 5.92 Å². The average Bonchev–Trinajstić information content (AvgIpc) is 2.68. The number of nitrogens with one attached hydrogen (secondary N) is 1. The van der Waals surface area contributed by atoms with Crippen LogP contribution in [-0.4, -0.2) is 18.0 Å². The van der Waals surface area contributed by atoms with Crippen molar-refractivity contribution in [1.82, 2.24) is 5.32 Å². The summed E-state index contributed by atoms with van der Waals surface area (Å²) in [6, 6.07) is 0.485. The van der Waals surface area contributed by atoms with Crippen LogP contribution in [0.3, 0.4) is 0 Å². The van der Waals surface area contributed by atoms with Crippen molar-refractivity contribution in [1.29, 1.82) is 0 Å². The maximum atomic E-state index is 12.3. The first kappa shape index (κ1) is 19.7. The Labute approximate surface area is 130 Å². The van der Waals surface area contributed by atoms with E-state index in [9.17, 15) is 4.79 Å². The Bertz CT molecular complexity index is 299. The molecular weight excluding hydrogens is 272 g/mol. The number of carbonyl (C=O) groups is 1. The lowest BCUT2D eigenvalue weighted by molar-refractivity contribution is -0.126. The van der Waals surface area contributed by atoms with Crippen molar-refractivity contribution in [3.05, 3.63) is 0 Å². The van der Waals surface area contributed by atoms with Crippen molar-refractivity contribution in [2.75, 3.05) is 0 Å². The molecule has 3 N–H and O–H groups in total. The second-order valence-electron chi connectivity index (χ2n) is 7.67. The molecule has 3 nitrogen and oxygen atoms in total. The Morgan fingerprint density at radius 1 is 1.25 bits per heavy atom. The van der Waals surface area contributed by atoms with Gasteiger partial charge in [-0.2, -0.15) is 0 Å². The lowest BCUT2D eigenvalue weighted by Gasteiger charge is -2.33. The topological polar surface area (TPSA) is 55.1 Å². The summed E-state index contributed by atoms with van der Waals surface area (Å²) in [6.07, 6.45) is 5.02. The molecule has 0 aromatic rings. The minimum absolute atomic E-state index is 0. The number of carbonyl (C=O) groups excluding carboxylic acids is 1. The van der Waals surface area contributed by atoms with Crippen LogP contribution < -0.4 is 11.1 Å². The molecule has 1 saturated carbocycles. The molecule has 0 aromatic carbocycles. The van der Waals surface area contributed by atoms with E-state index in [-0.39, 0.29) is 41.7 Å². The van der Waals surface area contributed by atoms with Gasteiger partial charge in [-0.05, 0) is 43.4 Å². The van der Waals surface area contributed by atoms with E-state index in [1.807, 2.05) is 0 Å². The lowest BCUT2D eigenvalue weighted by Crippen LogP contribution is -2.46. The summed E-state index contributed by atoms with van der Waals surface area (Å²) in [4.78, 5) is 12.3. The zero-order chi connectivity index (χ0) is 14.6. The molecule has 0 spiro atoms. The molecule has 1 aliphatic rings. The number of hydrogen-bond acceptors (Lipinski definition) is 2. The number of amides is 1. The van der Waals surface area contributed by atoms with E-state index >= 15 is 0 Å². The number of hydrogen-bond donors (Lipinski definition) is 2. The predicted molar refractivity (Wildman–Crippen MR) is 88.0 cm³/mol. The molecular formula is C16H33ClN2O. The van der Waals surface area contributed by atoms with E-state index in [2.05, 4.69) is 39.9 Å². The molecule has 120 valence electrons. The van der Waals surface area contributed by atoms with Crippen molar-refractivity contribution in [3.8, 4) is 0 Å². The van der Waals surface area contributed by atoms with Crippen LogP contribution >= 0.6 is 12.4 Å². The van der Waals surface area contributed by atoms with Crippen molar-refractivity contribution in [2.24, 2.45) is 23.0 Å². The average molecular weight is 305 g/mol. The number of halogens is 1. The van der Waals surface area contributed by atoms with Gasteiger partial charge in [0.1, 0.15) is 0 Å². The fourth-order valence-corrected chi connectivity index (χ4v) is 2.77. The molecule has 20 heavy (non-hydrogen) atoms. The van der Waals surface area contributed by atoms with E-state index in [1.54, 1.807) is 0 Å². The third-order valence-electron chi connectivity index (χ3n) is 4.24. The maximum absolute atomic E-state index is 12.3. The van der Waals surface area contributed by atoms with Gasteiger partial charge in [0, 0.05) is 18.0 Å². The van der Waals surface area contributed by atoms with E-state index in [1.165, 1.54) is 0 Å². The fraction of sp³-hybridized carbons (Fsp3) is 0.938. The summed E-state index contributed by atoms with van der Waals surface area (Å²) in [5, 5.41) is 3.28. The van der Waals surface area contributed by atoms with Crippen LogP contribution in [0.4, 0.5) is 0 Å². The zero-order valence-corrected chi connectivity index (χ0v) is 14.6. The van der Waals surface area contributed by atoms with Crippen LogP contribution in [0.1, 0.15) is 66.7 Å². The summed E-state index contributed by atoms with van der Waals surface area (Å²) < 4.78 is 0. The minimum atomic E-state index is 0. The molecule has 0 bridgehead atoms. The van der Waals surface area contributed by atoms with Gasteiger partial charge in [0.15, 0.2) is 0 Å². The first-order valence-electron chi connectivity index (χ1n) is 7.76. The van der Waals surface area contributed by atoms with Gasteiger partial charge in [-0.1, -0.05) is 34.6 Å². The van der Waals surface area contributed by atoms with Crippen molar-refractivity contribution >= 4 is 18.3 Å². The van der Waals surface area contributed by atoms with Gasteiger partial charge in [-0.3, -0.25) is 4.79 Å². The molecule has 1 rings (SSSR count). The summed E-state index contributed by atoms with van der Waals surface area (Å²) in [6.45, 7) is 11.1. The molecule has 1 aliphatic carbocycles. The van der Waals surface area contributed by atoms with Crippen LogP contribution in [0.2, 0.25) is 0 Å². The van der Waals surface area contributed by atoms with Crippen molar-refractivity contribution in [2.45, 2.75) is 78.8 Å². The molecule has 4 heteroatoms. The van der Waals surface area contributed by atoms with Crippen LogP contribution in [0.5, 0.6) is 0 Å². The smallest absolute Gasteiger partial charge is 0.223 e. The van der Waals surface area contributed by atoms with Crippen molar-refractivity contribution < 1.29 is 4.79 Å². The Morgan fingerprint density at radius 3 is 2.25 bits per heavy atom. The Balaban J connectivity index is 0.00000361. The molecule has 1 amide bonds.